The number of hydrogen-bond donors (Lipinski definition) is 2. The predicted octanol–water partition coefficient (Wildman–Crippen LogP) is 1.31. The van der Waals surface area contributed by atoms with Crippen LogP contribution in [0.1, 0.15) is 38.5 Å². The zero-order valence-corrected chi connectivity index (χ0v) is 9.95. The average Bonchev–Trinajstić information content (AvgIpc) is 2.55. The first-order valence-corrected chi connectivity index (χ1v) is 6.56. The maximum Gasteiger partial charge on any atom is 0.315 e. The molecule has 4 heteroatoms. The Bertz CT molecular complexity index is 238. The van der Waals surface area contributed by atoms with Gasteiger partial charge in [0.1, 0.15) is 0 Å². The standard InChI is InChI=1S/C12H23N3O/c13-12(16)15-9-3-1-2-4-11(15)10-5-7-14-8-6-10/h10-11,14H,1-9H2,(H2,13,16). The molecule has 0 aromatic carbocycles. The molecule has 4 nitrogen and oxygen atoms in total. The van der Waals surface area contributed by atoms with Gasteiger partial charge in [0.05, 0.1) is 0 Å². The second kappa shape index (κ2) is 5.53. The molecule has 2 aliphatic rings. The number of primary amides is 1. The number of nitrogens with one attached hydrogen (secondary N) is 1. The number of carbonyl (C=O) groups is 1. The summed E-state index contributed by atoms with van der Waals surface area (Å²) in [5.41, 5.74) is 5.51. The van der Waals surface area contributed by atoms with E-state index in [0.717, 1.165) is 32.5 Å². The summed E-state index contributed by atoms with van der Waals surface area (Å²) in [5, 5.41) is 3.38. The highest BCUT2D eigenvalue weighted by Gasteiger charge is 2.31. The van der Waals surface area contributed by atoms with Crippen LogP contribution >= 0.6 is 0 Å². The van der Waals surface area contributed by atoms with Gasteiger partial charge in [0.2, 0.25) is 0 Å². The van der Waals surface area contributed by atoms with E-state index in [9.17, 15) is 4.79 Å². The van der Waals surface area contributed by atoms with Gasteiger partial charge in [0, 0.05) is 12.6 Å². The van der Waals surface area contributed by atoms with E-state index in [1.807, 2.05) is 4.90 Å². The number of rotatable bonds is 1. The number of hydrogen-bond acceptors (Lipinski definition) is 2. The SMILES string of the molecule is NC(=O)N1CCCCCC1C1CCNCC1. The summed E-state index contributed by atoms with van der Waals surface area (Å²) in [6, 6.07) is 0.188. The van der Waals surface area contributed by atoms with Crippen molar-refractivity contribution >= 4 is 6.03 Å². The van der Waals surface area contributed by atoms with E-state index >= 15 is 0 Å². The Morgan fingerprint density at radius 1 is 1.12 bits per heavy atom. The summed E-state index contributed by atoms with van der Waals surface area (Å²) in [5.74, 6) is 0.659. The summed E-state index contributed by atoms with van der Waals surface area (Å²) in [4.78, 5) is 13.4. The van der Waals surface area contributed by atoms with Crippen LogP contribution in [0.5, 0.6) is 0 Å². The Balaban J connectivity index is 2.03. The van der Waals surface area contributed by atoms with Crippen LogP contribution in [0.4, 0.5) is 4.79 Å². The topological polar surface area (TPSA) is 58.4 Å². The Labute approximate surface area is 97.6 Å². The van der Waals surface area contributed by atoms with E-state index in [1.165, 1.54) is 25.7 Å². The molecule has 2 aliphatic heterocycles. The van der Waals surface area contributed by atoms with Gasteiger partial charge in [-0.1, -0.05) is 12.8 Å². The molecule has 2 fully saturated rings. The minimum atomic E-state index is -0.217. The van der Waals surface area contributed by atoms with Crippen molar-refractivity contribution in [2.24, 2.45) is 11.7 Å². The Morgan fingerprint density at radius 2 is 1.88 bits per heavy atom. The predicted molar refractivity (Wildman–Crippen MR) is 64.1 cm³/mol. The molecule has 0 aromatic rings. The Kier molecular flexibility index (Phi) is 4.04. The summed E-state index contributed by atoms with van der Waals surface area (Å²) >= 11 is 0. The fourth-order valence-electron chi connectivity index (χ4n) is 3.13. The Morgan fingerprint density at radius 3 is 2.56 bits per heavy atom. The molecule has 0 saturated carbocycles. The number of amides is 2. The number of nitrogens with zero attached hydrogens (tertiary/aromatic N) is 1. The highest BCUT2D eigenvalue weighted by molar-refractivity contribution is 5.72. The quantitative estimate of drug-likeness (QED) is 0.707. The first-order chi connectivity index (χ1) is 7.79. The van der Waals surface area contributed by atoms with Crippen LogP contribution < -0.4 is 11.1 Å². The first kappa shape index (κ1) is 11.7. The lowest BCUT2D eigenvalue weighted by Gasteiger charge is -2.37. The molecule has 0 radical (unpaired) electrons. The normalized spacial score (nSPS) is 28.8. The van der Waals surface area contributed by atoms with E-state index in [2.05, 4.69) is 5.32 Å². The molecule has 92 valence electrons. The lowest BCUT2D eigenvalue weighted by Crippen LogP contribution is -2.49. The lowest BCUT2D eigenvalue weighted by atomic mass is 9.87. The molecule has 0 bridgehead atoms. The van der Waals surface area contributed by atoms with E-state index in [-0.39, 0.29) is 6.03 Å². The lowest BCUT2D eigenvalue weighted by molar-refractivity contribution is 0.140. The van der Waals surface area contributed by atoms with Crippen LogP contribution in [0.3, 0.4) is 0 Å². The zero-order valence-electron chi connectivity index (χ0n) is 9.95. The van der Waals surface area contributed by atoms with Gasteiger partial charge in [-0.3, -0.25) is 0 Å². The zero-order chi connectivity index (χ0) is 11.4. The third-order valence-corrected chi connectivity index (χ3v) is 4.01. The van der Waals surface area contributed by atoms with Crippen molar-refractivity contribution in [2.75, 3.05) is 19.6 Å². The van der Waals surface area contributed by atoms with Crippen molar-refractivity contribution in [3.8, 4) is 0 Å². The van der Waals surface area contributed by atoms with Crippen molar-refractivity contribution < 1.29 is 4.79 Å². The van der Waals surface area contributed by atoms with Crippen LogP contribution in [-0.2, 0) is 0 Å². The van der Waals surface area contributed by atoms with Crippen LogP contribution in [0, 0.1) is 5.92 Å². The first-order valence-electron chi connectivity index (χ1n) is 6.56. The Hall–Kier alpha value is -0.770. The molecule has 2 saturated heterocycles. The van der Waals surface area contributed by atoms with Crippen molar-refractivity contribution in [3.05, 3.63) is 0 Å². The molecule has 2 amide bonds. The molecule has 0 aromatic heterocycles. The molecule has 0 aliphatic carbocycles. The van der Waals surface area contributed by atoms with Crippen molar-refractivity contribution in [1.82, 2.24) is 10.2 Å². The number of urea groups is 1. The van der Waals surface area contributed by atoms with E-state index in [0.29, 0.717) is 12.0 Å². The maximum atomic E-state index is 11.5. The van der Waals surface area contributed by atoms with Crippen LogP contribution in [0.15, 0.2) is 0 Å². The van der Waals surface area contributed by atoms with Gasteiger partial charge < -0.3 is 16.0 Å². The summed E-state index contributed by atoms with van der Waals surface area (Å²) < 4.78 is 0. The molecule has 1 atom stereocenters. The van der Waals surface area contributed by atoms with E-state index in [4.69, 9.17) is 5.73 Å². The minimum Gasteiger partial charge on any atom is -0.351 e. The fourth-order valence-corrected chi connectivity index (χ4v) is 3.13. The van der Waals surface area contributed by atoms with Gasteiger partial charge in [-0.05, 0) is 44.7 Å². The number of carbonyl (C=O) groups excluding carboxylic acids is 1. The molecule has 2 heterocycles. The van der Waals surface area contributed by atoms with Crippen molar-refractivity contribution in [2.45, 2.75) is 44.6 Å². The highest BCUT2D eigenvalue weighted by atomic mass is 16.2. The molecule has 2 rings (SSSR count). The molecule has 0 spiro atoms. The molecule has 1 unspecified atom stereocenters. The van der Waals surface area contributed by atoms with Crippen LogP contribution in [0.2, 0.25) is 0 Å². The van der Waals surface area contributed by atoms with Gasteiger partial charge in [0.15, 0.2) is 0 Å². The van der Waals surface area contributed by atoms with Crippen LogP contribution in [-0.4, -0.2) is 36.6 Å². The average molecular weight is 225 g/mol. The summed E-state index contributed by atoms with van der Waals surface area (Å²) in [6.07, 6.45) is 7.13. The van der Waals surface area contributed by atoms with Crippen molar-refractivity contribution in [3.63, 3.8) is 0 Å². The van der Waals surface area contributed by atoms with Crippen LogP contribution in [0.25, 0.3) is 0 Å². The maximum absolute atomic E-state index is 11.5. The summed E-state index contributed by atoms with van der Waals surface area (Å²) in [7, 11) is 0. The molecular weight excluding hydrogens is 202 g/mol. The smallest absolute Gasteiger partial charge is 0.315 e. The molecule has 3 N–H and O–H groups in total. The third-order valence-electron chi connectivity index (χ3n) is 4.01. The second-order valence-corrected chi connectivity index (χ2v) is 5.04. The number of nitrogens with two attached hydrogens (primary N) is 1. The number of likely N-dealkylation sites (tertiary alicyclic amines) is 1. The van der Waals surface area contributed by atoms with Crippen molar-refractivity contribution in [1.29, 1.82) is 0 Å². The van der Waals surface area contributed by atoms with Gasteiger partial charge in [-0.2, -0.15) is 0 Å². The van der Waals surface area contributed by atoms with Gasteiger partial charge >= 0.3 is 6.03 Å². The fraction of sp³-hybridized carbons (Fsp3) is 0.917. The monoisotopic (exact) mass is 225 g/mol. The van der Waals surface area contributed by atoms with E-state index < -0.39 is 0 Å². The van der Waals surface area contributed by atoms with Gasteiger partial charge in [-0.15, -0.1) is 0 Å². The second-order valence-electron chi connectivity index (χ2n) is 5.04. The van der Waals surface area contributed by atoms with Gasteiger partial charge in [0.25, 0.3) is 0 Å². The molecular formula is C12H23N3O. The number of piperidine rings is 1. The van der Waals surface area contributed by atoms with Gasteiger partial charge in [-0.25, -0.2) is 4.79 Å². The minimum absolute atomic E-state index is 0.217. The molecule has 16 heavy (non-hydrogen) atoms. The largest absolute Gasteiger partial charge is 0.351 e. The van der Waals surface area contributed by atoms with E-state index in [1.54, 1.807) is 0 Å². The third kappa shape index (κ3) is 2.67. The highest BCUT2D eigenvalue weighted by Crippen LogP contribution is 2.27. The summed E-state index contributed by atoms with van der Waals surface area (Å²) in [6.45, 7) is 3.05.